The lowest BCUT2D eigenvalue weighted by molar-refractivity contribution is -0.140. The van der Waals surface area contributed by atoms with E-state index in [-0.39, 0.29) is 0 Å². The summed E-state index contributed by atoms with van der Waals surface area (Å²) >= 11 is 0. The number of urea groups is 1. The van der Waals surface area contributed by atoms with Gasteiger partial charge in [-0.3, -0.25) is 0 Å². The number of hydrogen-bond donors (Lipinski definition) is 3. The molecule has 1 fully saturated rings. The van der Waals surface area contributed by atoms with Gasteiger partial charge in [-0.2, -0.15) is 0 Å². The number of carbonyl (C=O) groups is 2. The van der Waals surface area contributed by atoms with Crippen molar-refractivity contribution in [1.29, 1.82) is 0 Å². The highest BCUT2D eigenvalue weighted by Crippen LogP contribution is 2.35. The van der Waals surface area contributed by atoms with Gasteiger partial charge in [0.15, 0.2) is 0 Å². The van der Waals surface area contributed by atoms with E-state index in [1.165, 1.54) is 0 Å². The van der Waals surface area contributed by atoms with Gasteiger partial charge in [-0.1, -0.05) is 0 Å². The van der Waals surface area contributed by atoms with E-state index >= 15 is 0 Å². The molecule has 0 aromatic heterocycles. The molecule has 3 N–H and O–H groups in total. The second-order valence-corrected chi connectivity index (χ2v) is 3.44. The van der Waals surface area contributed by atoms with Crippen molar-refractivity contribution in [2.45, 2.75) is 31.7 Å². The maximum Gasteiger partial charge on any atom is 0.329 e. The molecule has 0 unspecified atom stereocenters. The van der Waals surface area contributed by atoms with Crippen molar-refractivity contribution in [1.82, 2.24) is 10.6 Å². The van der Waals surface area contributed by atoms with Gasteiger partial charge in [-0.05, 0) is 19.8 Å². The number of carbonyl (C=O) groups excluding carboxylic acids is 1. The molecule has 0 aromatic rings. The van der Waals surface area contributed by atoms with E-state index in [9.17, 15) is 9.59 Å². The Morgan fingerprint density at radius 2 is 2.13 bits per heavy atom. The van der Waals surface area contributed by atoms with Gasteiger partial charge in [0.2, 0.25) is 0 Å². The predicted octanol–water partition coefficient (Wildman–Crippen LogP) is 0.316. The summed E-state index contributed by atoms with van der Waals surface area (Å²) < 4.78 is 0. The smallest absolute Gasteiger partial charge is 0.329 e. The van der Waals surface area contributed by atoms with Crippen molar-refractivity contribution in [2.75, 3.05) is 6.54 Å². The third kappa shape index (κ3) is 3.17. The van der Waals surface area contributed by atoms with Gasteiger partial charge in [0.05, 0.1) is 0 Å². The van der Waals surface area contributed by atoms with Crippen LogP contribution >= 0.6 is 0 Å². The van der Waals surface area contributed by atoms with E-state index < -0.39 is 17.5 Å². The molecule has 0 bridgehead atoms. The Morgan fingerprint density at radius 1 is 1.47 bits per heavy atom. The Kier molecular flexibility index (Phi) is 3.56. The van der Waals surface area contributed by atoms with E-state index in [0.717, 1.165) is 0 Å². The molecule has 1 aliphatic carbocycles. The molecule has 0 radical (unpaired) electrons. The fourth-order valence-corrected chi connectivity index (χ4v) is 1.14. The maximum absolute atomic E-state index is 11.2. The highest BCUT2D eigenvalue weighted by atomic mass is 16.4. The van der Waals surface area contributed by atoms with Crippen LogP contribution in [0.5, 0.6) is 0 Å². The summed E-state index contributed by atoms with van der Waals surface area (Å²) in [6, 6.07) is -0.437. The molecule has 1 rings (SSSR count). The molecule has 2 amide bonds. The van der Waals surface area contributed by atoms with Gasteiger partial charge in [-0.15, -0.1) is 11.8 Å². The average molecular weight is 210 g/mol. The molecule has 0 heterocycles. The molecule has 1 saturated carbocycles. The Labute approximate surface area is 88.2 Å². The summed E-state index contributed by atoms with van der Waals surface area (Å²) in [5.41, 5.74) is -1.01. The quantitative estimate of drug-likeness (QED) is 0.461. The lowest BCUT2D eigenvalue weighted by Crippen LogP contribution is -2.48. The van der Waals surface area contributed by atoms with Crippen LogP contribution in [0.15, 0.2) is 0 Å². The lowest BCUT2D eigenvalue weighted by Gasteiger charge is -2.12. The van der Waals surface area contributed by atoms with Crippen LogP contribution < -0.4 is 10.6 Å². The van der Waals surface area contributed by atoms with E-state index in [4.69, 9.17) is 5.11 Å². The molecule has 15 heavy (non-hydrogen) atoms. The average Bonchev–Trinajstić information content (AvgIpc) is 2.93. The molecule has 5 nitrogen and oxygen atoms in total. The second-order valence-electron chi connectivity index (χ2n) is 3.44. The zero-order valence-corrected chi connectivity index (χ0v) is 8.59. The summed E-state index contributed by atoms with van der Waals surface area (Å²) in [6.45, 7) is 2.16. The predicted molar refractivity (Wildman–Crippen MR) is 54.2 cm³/mol. The minimum atomic E-state index is -1.01. The van der Waals surface area contributed by atoms with Crippen LogP contribution in [-0.4, -0.2) is 29.2 Å². The van der Waals surface area contributed by atoms with Gasteiger partial charge in [-0.25, -0.2) is 9.59 Å². The number of rotatable bonds is 4. The van der Waals surface area contributed by atoms with Gasteiger partial charge in [0.1, 0.15) is 5.54 Å². The minimum absolute atomic E-state index is 0.433. The fraction of sp³-hybridized carbons (Fsp3) is 0.600. The Balaban J connectivity index is 2.24. The first-order chi connectivity index (χ1) is 7.10. The summed E-state index contributed by atoms with van der Waals surface area (Å²) in [7, 11) is 0. The molecule has 0 atom stereocenters. The van der Waals surface area contributed by atoms with Crippen LogP contribution in [0.4, 0.5) is 4.79 Å². The molecular formula is C10H14N2O3. The molecule has 0 saturated heterocycles. The van der Waals surface area contributed by atoms with Crippen LogP contribution in [-0.2, 0) is 4.79 Å². The molecular weight excluding hydrogens is 196 g/mol. The van der Waals surface area contributed by atoms with Crippen LogP contribution in [0.3, 0.4) is 0 Å². The molecule has 1 aliphatic rings. The summed E-state index contributed by atoms with van der Waals surface area (Å²) in [6.07, 6.45) is 1.58. The zero-order chi connectivity index (χ0) is 11.3. The van der Waals surface area contributed by atoms with Crippen molar-refractivity contribution in [3.05, 3.63) is 0 Å². The van der Waals surface area contributed by atoms with E-state index in [0.29, 0.717) is 25.8 Å². The van der Waals surface area contributed by atoms with Crippen molar-refractivity contribution in [3.8, 4) is 11.8 Å². The first-order valence-corrected chi connectivity index (χ1v) is 4.80. The van der Waals surface area contributed by atoms with Gasteiger partial charge in [0, 0.05) is 13.0 Å². The van der Waals surface area contributed by atoms with Gasteiger partial charge >= 0.3 is 12.0 Å². The molecule has 82 valence electrons. The van der Waals surface area contributed by atoms with E-state index in [1.54, 1.807) is 6.92 Å². The topological polar surface area (TPSA) is 78.4 Å². The lowest BCUT2D eigenvalue weighted by atomic mass is 10.3. The SMILES string of the molecule is CC#CCCNC(=O)NC1(C(=O)O)CC1. The normalized spacial score (nSPS) is 15.8. The molecule has 0 spiro atoms. The number of aliphatic carboxylic acids is 1. The summed E-state index contributed by atoms with van der Waals surface area (Å²) in [4.78, 5) is 22.0. The van der Waals surface area contributed by atoms with E-state index in [2.05, 4.69) is 22.5 Å². The van der Waals surface area contributed by atoms with Gasteiger partial charge < -0.3 is 15.7 Å². The van der Waals surface area contributed by atoms with Crippen LogP contribution in [0, 0.1) is 11.8 Å². The first-order valence-electron chi connectivity index (χ1n) is 4.80. The fourth-order valence-electron chi connectivity index (χ4n) is 1.14. The summed E-state index contributed by atoms with van der Waals surface area (Å²) in [5.74, 6) is 4.53. The van der Waals surface area contributed by atoms with Crippen LogP contribution in [0.25, 0.3) is 0 Å². The highest BCUT2D eigenvalue weighted by molar-refractivity contribution is 5.88. The highest BCUT2D eigenvalue weighted by Gasteiger charge is 2.51. The Bertz CT molecular complexity index is 323. The van der Waals surface area contributed by atoms with Gasteiger partial charge in [0.25, 0.3) is 0 Å². The Morgan fingerprint density at radius 3 is 2.60 bits per heavy atom. The minimum Gasteiger partial charge on any atom is -0.480 e. The molecule has 5 heteroatoms. The second kappa shape index (κ2) is 4.69. The monoisotopic (exact) mass is 210 g/mol. The third-order valence-corrected chi connectivity index (χ3v) is 2.22. The van der Waals surface area contributed by atoms with E-state index in [1.807, 2.05) is 0 Å². The van der Waals surface area contributed by atoms with Crippen molar-refractivity contribution < 1.29 is 14.7 Å². The third-order valence-electron chi connectivity index (χ3n) is 2.22. The van der Waals surface area contributed by atoms with Crippen molar-refractivity contribution in [2.24, 2.45) is 0 Å². The Hall–Kier alpha value is -1.70. The molecule has 0 aromatic carbocycles. The summed E-state index contributed by atoms with van der Waals surface area (Å²) in [5, 5.41) is 13.8. The number of hydrogen-bond acceptors (Lipinski definition) is 2. The van der Waals surface area contributed by atoms with Crippen molar-refractivity contribution >= 4 is 12.0 Å². The number of carboxylic acid groups (broad SMARTS) is 1. The van der Waals surface area contributed by atoms with Crippen LogP contribution in [0.2, 0.25) is 0 Å². The number of amides is 2. The maximum atomic E-state index is 11.2. The van der Waals surface area contributed by atoms with Crippen molar-refractivity contribution in [3.63, 3.8) is 0 Å². The number of nitrogens with one attached hydrogen (secondary N) is 2. The molecule has 0 aliphatic heterocycles. The first kappa shape index (κ1) is 11.4. The van der Waals surface area contributed by atoms with Crippen LogP contribution in [0.1, 0.15) is 26.2 Å². The largest absolute Gasteiger partial charge is 0.480 e. The zero-order valence-electron chi connectivity index (χ0n) is 8.59. The standard InChI is InChI=1S/C10H14N2O3/c1-2-3-4-7-11-9(15)12-10(5-6-10)8(13)14/h4-7H2,1H3,(H,13,14)(H2,11,12,15). The number of carboxylic acids is 1.